The smallest absolute Gasteiger partial charge is 0.284 e. The highest BCUT2D eigenvalue weighted by atomic mass is 32.1. The monoisotopic (exact) mass is 296 g/mol. The van der Waals surface area contributed by atoms with Crippen LogP contribution in [-0.2, 0) is 9.59 Å². The van der Waals surface area contributed by atoms with Crippen molar-refractivity contribution in [3.63, 3.8) is 0 Å². The molecule has 104 valence electrons. The van der Waals surface area contributed by atoms with Crippen LogP contribution in [0.25, 0.3) is 0 Å². The summed E-state index contributed by atoms with van der Waals surface area (Å²) < 4.78 is 71.9. The van der Waals surface area contributed by atoms with Gasteiger partial charge in [0.15, 0.2) is 5.11 Å². The van der Waals surface area contributed by atoms with Gasteiger partial charge in [0.05, 0.1) is 0 Å². The van der Waals surface area contributed by atoms with E-state index in [2.05, 4.69) is 12.2 Å². The van der Waals surface area contributed by atoms with Crippen LogP contribution in [0.4, 0.5) is 26.3 Å². The number of amides is 2. The Bertz CT molecular complexity index is 343. The molecule has 0 N–H and O–H groups in total. The standard InChI is InChI=1S/C7H6F6N2O2S/c1-14(3(16)6(8,9)10)5(18)15(2)4(17)7(11,12)13/h1-2H3. The Morgan fingerprint density at radius 3 is 1.22 bits per heavy atom. The van der Waals surface area contributed by atoms with Crippen LogP contribution < -0.4 is 0 Å². The zero-order valence-corrected chi connectivity index (χ0v) is 9.70. The fourth-order valence-corrected chi connectivity index (χ4v) is 0.945. The number of thiocarbonyl (C=S) groups is 1. The molecule has 0 radical (unpaired) electrons. The first-order valence-electron chi connectivity index (χ1n) is 4.04. The van der Waals surface area contributed by atoms with Crippen LogP contribution in [0.2, 0.25) is 0 Å². The van der Waals surface area contributed by atoms with Crippen LogP contribution in [-0.4, -0.2) is 53.2 Å². The summed E-state index contributed by atoms with van der Waals surface area (Å²) in [7, 11) is 1.02. The molecule has 0 unspecified atom stereocenters. The molecule has 0 atom stereocenters. The number of alkyl halides is 6. The molecule has 11 heteroatoms. The Hall–Kier alpha value is -1.39. The molecule has 0 saturated carbocycles. The van der Waals surface area contributed by atoms with E-state index >= 15 is 0 Å². The van der Waals surface area contributed by atoms with Crippen molar-refractivity contribution in [1.82, 2.24) is 9.80 Å². The third kappa shape index (κ3) is 3.82. The molecule has 0 aliphatic rings. The second kappa shape index (κ2) is 5.08. The van der Waals surface area contributed by atoms with Crippen LogP contribution in [0.1, 0.15) is 0 Å². The average molecular weight is 296 g/mol. The van der Waals surface area contributed by atoms with Crippen LogP contribution in [0.15, 0.2) is 0 Å². The minimum absolute atomic E-state index is 0.265. The van der Waals surface area contributed by atoms with E-state index in [0.29, 0.717) is 14.1 Å². The van der Waals surface area contributed by atoms with E-state index in [1.54, 1.807) is 0 Å². The fourth-order valence-electron chi connectivity index (χ4n) is 0.779. The molecule has 0 heterocycles. The van der Waals surface area contributed by atoms with Gasteiger partial charge in [0.25, 0.3) is 0 Å². The highest BCUT2D eigenvalue weighted by molar-refractivity contribution is 7.80. The number of hydrogen-bond donors (Lipinski definition) is 0. The maximum atomic E-state index is 12.0. The minimum Gasteiger partial charge on any atom is -0.284 e. The first-order valence-corrected chi connectivity index (χ1v) is 4.44. The lowest BCUT2D eigenvalue weighted by atomic mass is 10.5. The highest BCUT2D eigenvalue weighted by Crippen LogP contribution is 2.21. The summed E-state index contributed by atoms with van der Waals surface area (Å²) in [5.74, 6) is -4.95. The second-order valence-electron chi connectivity index (χ2n) is 3.01. The van der Waals surface area contributed by atoms with E-state index in [1.165, 1.54) is 0 Å². The van der Waals surface area contributed by atoms with Crippen molar-refractivity contribution in [3.8, 4) is 0 Å². The van der Waals surface area contributed by atoms with Gasteiger partial charge in [-0.3, -0.25) is 19.4 Å². The fraction of sp³-hybridized carbons (Fsp3) is 0.571. The van der Waals surface area contributed by atoms with Crippen LogP contribution in [0.5, 0.6) is 0 Å². The normalized spacial score (nSPS) is 12.0. The summed E-state index contributed by atoms with van der Waals surface area (Å²) >= 11 is 4.20. The predicted molar refractivity (Wildman–Crippen MR) is 50.2 cm³/mol. The highest BCUT2D eigenvalue weighted by Gasteiger charge is 2.46. The minimum atomic E-state index is -5.30. The maximum Gasteiger partial charge on any atom is 0.471 e. The van der Waals surface area contributed by atoms with Gasteiger partial charge in [0.2, 0.25) is 0 Å². The van der Waals surface area contributed by atoms with Crippen LogP contribution >= 0.6 is 12.2 Å². The molecule has 0 fully saturated rings. The molecule has 0 spiro atoms. The molecule has 0 rings (SSSR count). The lowest BCUT2D eigenvalue weighted by Gasteiger charge is -2.26. The number of hydrogen-bond acceptors (Lipinski definition) is 3. The Morgan fingerprint density at radius 2 is 1.06 bits per heavy atom. The Labute approximate surface area is 102 Å². The maximum absolute atomic E-state index is 12.0. The Morgan fingerprint density at radius 1 is 0.833 bits per heavy atom. The molecule has 0 aromatic heterocycles. The van der Waals surface area contributed by atoms with E-state index in [-0.39, 0.29) is 9.80 Å². The van der Waals surface area contributed by atoms with E-state index in [1.807, 2.05) is 0 Å². The molecule has 0 aliphatic carbocycles. The molecular weight excluding hydrogens is 290 g/mol. The second-order valence-corrected chi connectivity index (χ2v) is 3.37. The quantitative estimate of drug-likeness (QED) is 0.500. The van der Waals surface area contributed by atoms with Crippen molar-refractivity contribution in [1.29, 1.82) is 0 Å². The molecule has 18 heavy (non-hydrogen) atoms. The molecule has 2 amide bonds. The molecule has 0 aliphatic heterocycles. The SMILES string of the molecule is CN(C(=O)C(F)(F)F)C(=S)N(C)C(=O)C(F)(F)F. The largest absolute Gasteiger partial charge is 0.471 e. The topological polar surface area (TPSA) is 40.6 Å². The van der Waals surface area contributed by atoms with Gasteiger partial charge < -0.3 is 0 Å². The third-order valence-electron chi connectivity index (χ3n) is 1.67. The Kier molecular flexibility index (Phi) is 4.69. The summed E-state index contributed by atoms with van der Waals surface area (Å²) in [6.07, 6.45) is -10.6. The number of nitrogens with zero attached hydrogens (tertiary/aromatic N) is 2. The lowest BCUT2D eigenvalue weighted by molar-refractivity contribution is -0.183. The number of carbonyl (C=O) groups excluding carboxylic acids is 2. The van der Waals surface area contributed by atoms with Crippen molar-refractivity contribution >= 4 is 29.1 Å². The molecule has 0 aromatic carbocycles. The third-order valence-corrected chi connectivity index (χ3v) is 2.22. The average Bonchev–Trinajstić information content (AvgIpc) is 2.21. The van der Waals surface area contributed by atoms with E-state index in [4.69, 9.17) is 0 Å². The molecule has 0 bridgehead atoms. The van der Waals surface area contributed by atoms with Gasteiger partial charge in [-0.1, -0.05) is 0 Å². The Balaban J connectivity index is 4.98. The molecular formula is C7H6F6N2O2S. The van der Waals surface area contributed by atoms with Gasteiger partial charge in [-0.25, -0.2) is 0 Å². The van der Waals surface area contributed by atoms with E-state index < -0.39 is 29.3 Å². The van der Waals surface area contributed by atoms with Crippen molar-refractivity contribution < 1.29 is 35.9 Å². The van der Waals surface area contributed by atoms with Crippen LogP contribution in [0, 0.1) is 0 Å². The van der Waals surface area contributed by atoms with Crippen molar-refractivity contribution in [2.24, 2.45) is 0 Å². The summed E-state index contributed by atoms with van der Waals surface area (Å²) in [6.45, 7) is 0. The predicted octanol–water partition coefficient (Wildman–Crippen LogP) is 1.31. The summed E-state index contributed by atoms with van der Waals surface area (Å²) in [6, 6.07) is 0. The van der Waals surface area contributed by atoms with E-state index in [0.717, 1.165) is 0 Å². The zero-order valence-electron chi connectivity index (χ0n) is 8.89. The molecule has 4 nitrogen and oxygen atoms in total. The number of rotatable bonds is 0. The number of halogens is 6. The van der Waals surface area contributed by atoms with Gasteiger partial charge in [0.1, 0.15) is 0 Å². The first kappa shape index (κ1) is 16.6. The number of carbonyl (C=O) groups is 2. The summed E-state index contributed by atoms with van der Waals surface area (Å²) in [5.41, 5.74) is 0. The van der Waals surface area contributed by atoms with Crippen molar-refractivity contribution in [2.75, 3.05) is 14.1 Å². The van der Waals surface area contributed by atoms with Gasteiger partial charge in [-0.15, -0.1) is 0 Å². The van der Waals surface area contributed by atoms with Gasteiger partial charge in [0, 0.05) is 14.1 Å². The molecule has 0 saturated heterocycles. The van der Waals surface area contributed by atoms with Gasteiger partial charge in [-0.05, 0) is 12.2 Å². The summed E-state index contributed by atoms with van der Waals surface area (Å²) in [4.78, 5) is 20.8. The van der Waals surface area contributed by atoms with Crippen LogP contribution in [0.3, 0.4) is 0 Å². The summed E-state index contributed by atoms with van der Waals surface area (Å²) in [5, 5.41) is -1.21. The van der Waals surface area contributed by atoms with Crippen molar-refractivity contribution in [3.05, 3.63) is 0 Å². The van der Waals surface area contributed by atoms with Gasteiger partial charge in [-0.2, -0.15) is 26.3 Å². The van der Waals surface area contributed by atoms with Crippen molar-refractivity contribution in [2.45, 2.75) is 12.4 Å². The zero-order chi connectivity index (χ0) is 14.9. The molecule has 0 aromatic rings. The van der Waals surface area contributed by atoms with E-state index in [9.17, 15) is 35.9 Å². The van der Waals surface area contributed by atoms with Gasteiger partial charge >= 0.3 is 24.2 Å². The first-order chi connectivity index (χ1) is 7.80. The lowest BCUT2D eigenvalue weighted by Crippen LogP contribution is -2.51.